The van der Waals surface area contributed by atoms with Crippen LogP contribution in [0.25, 0.3) is 0 Å². The van der Waals surface area contributed by atoms with Gasteiger partial charge < -0.3 is 15.4 Å². The number of halogens is 2. The average Bonchev–Trinajstić information content (AvgIpc) is 3.38. The van der Waals surface area contributed by atoms with E-state index in [1.54, 1.807) is 12.1 Å². The van der Waals surface area contributed by atoms with Gasteiger partial charge in [-0.3, -0.25) is 14.7 Å². The van der Waals surface area contributed by atoms with Gasteiger partial charge in [-0.2, -0.15) is 0 Å². The Balaban J connectivity index is 1.33. The number of rotatable bonds is 9. The molecule has 0 bridgehead atoms. The van der Waals surface area contributed by atoms with Crippen molar-refractivity contribution in [3.8, 4) is 5.75 Å². The highest BCUT2D eigenvalue weighted by Crippen LogP contribution is 2.35. The molecule has 1 aromatic heterocycles. The topological polar surface area (TPSA) is 71.7 Å². The minimum absolute atomic E-state index is 0.0303. The number of nitrogens with zero attached hydrogens (tertiary/aromatic N) is 3. The Hall–Kier alpha value is -1.86. The van der Waals surface area contributed by atoms with Gasteiger partial charge in [0.2, 0.25) is 5.91 Å². The molecular formula is C27H36Cl2N4O2. The molecule has 2 atom stereocenters. The first-order valence-corrected chi connectivity index (χ1v) is 13.5. The SMILES string of the molecule is CC[C@@H](CN1CCCC1)Oc1cnccc1C1CCN(C(=O)[C@H](N)Cc2ccc(Cl)cc2Cl)CC1. The highest BCUT2D eigenvalue weighted by Gasteiger charge is 2.29. The smallest absolute Gasteiger partial charge is 0.239 e. The highest BCUT2D eigenvalue weighted by atomic mass is 35.5. The fraction of sp³-hybridized carbons (Fsp3) is 0.556. The Bertz CT molecular complexity index is 991. The molecule has 2 aliphatic rings. The zero-order chi connectivity index (χ0) is 24.8. The third-order valence-corrected chi connectivity index (χ3v) is 7.83. The molecule has 0 radical (unpaired) electrons. The van der Waals surface area contributed by atoms with Crippen molar-refractivity contribution in [3.63, 3.8) is 0 Å². The van der Waals surface area contributed by atoms with Crippen LogP contribution < -0.4 is 10.5 Å². The lowest BCUT2D eigenvalue weighted by atomic mass is 9.89. The largest absolute Gasteiger partial charge is 0.487 e. The number of carbonyl (C=O) groups excluding carboxylic acids is 1. The summed E-state index contributed by atoms with van der Waals surface area (Å²) in [5.74, 6) is 1.19. The Morgan fingerprint density at radius 3 is 2.60 bits per heavy atom. The van der Waals surface area contributed by atoms with E-state index in [0.29, 0.717) is 35.5 Å². The van der Waals surface area contributed by atoms with Crippen molar-refractivity contribution in [2.24, 2.45) is 5.73 Å². The van der Waals surface area contributed by atoms with E-state index in [-0.39, 0.29) is 12.0 Å². The van der Waals surface area contributed by atoms with Crippen molar-refractivity contribution in [3.05, 3.63) is 57.8 Å². The van der Waals surface area contributed by atoms with Crippen molar-refractivity contribution in [1.29, 1.82) is 0 Å². The molecule has 0 aliphatic carbocycles. The summed E-state index contributed by atoms with van der Waals surface area (Å²) < 4.78 is 6.48. The van der Waals surface area contributed by atoms with Crippen LogP contribution in [0, 0.1) is 0 Å². The number of nitrogens with two attached hydrogens (primary N) is 1. The van der Waals surface area contributed by atoms with Crippen LogP contribution in [0.1, 0.15) is 56.1 Å². The first-order valence-electron chi connectivity index (χ1n) is 12.8. The van der Waals surface area contributed by atoms with Gasteiger partial charge in [-0.05, 0) is 81.3 Å². The second-order valence-electron chi connectivity index (χ2n) is 9.72. The monoisotopic (exact) mass is 518 g/mol. The quantitative estimate of drug-likeness (QED) is 0.510. The third kappa shape index (κ3) is 6.88. The van der Waals surface area contributed by atoms with Gasteiger partial charge in [0.15, 0.2) is 0 Å². The number of benzene rings is 1. The lowest BCUT2D eigenvalue weighted by molar-refractivity contribution is -0.133. The van der Waals surface area contributed by atoms with Gasteiger partial charge in [0.1, 0.15) is 11.9 Å². The molecule has 1 amide bonds. The van der Waals surface area contributed by atoms with Gasteiger partial charge in [-0.15, -0.1) is 0 Å². The number of amides is 1. The van der Waals surface area contributed by atoms with Crippen LogP contribution in [0.3, 0.4) is 0 Å². The highest BCUT2D eigenvalue weighted by molar-refractivity contribution is 6.35. The third-order valence-electron chi connectivity index (χ3n) is 7.24. The maximum atomic E-state index is 13.0. The number of aromatic nitrogens is 1. The molecule has 2 saturated heterocycles. The van der Waals surface area contributed by atoms with Crippen molar-refractivity contribution in [2.45, 2.75) is 63.5 Å². The molecule has 0 spiro atoms. The Labute approximate surface area is 218 Å². The molecule has 0 unspecified atom stereocenters. The van der Waals surface area contributed by atoms with Crippen LogP contribution in [0.15, 0.2) is 36.7 Å². The molecule has 1 aromatic carbocycles. The molecule has 3 heterocycles. The molecule has 2 aromatic rings. The molecule has 4 rings (SSSR count). The minimum Gasteiger partial charge on any atom is -0.487 e. The zero-order valence-electron chi connectivity index (χ0n) is 20.5. The molecule has 190 valence electrons. The standard InChI is InChI=1S/C27H36Cl2N4O2/c1-2-22(18-32-11-3-4-12-32)35-26-17-31-10-7-23(26)19-8-13-33(14-9-19)27(34)25(30)15-20-5-6-21(28)16-24(20)29/h5-7,10,16-17,19,22,25H,2-4,8-9,11-15,18,30H2,1H3/t22-,25+/m0/s1. The maximum Gasteiger partial charge on any atom is 0.239 e. The molecule has 8 heteroatoms. The summed E-state index contributed by atoms with van der Waals surface area (Å²) in [6.45, 7) is 6.84. The summed E-state index contributed by atoms with van der Waals surface area (Å²) >= 11 is 12.3. The van der Waals surface area contributed by atoms with Gasteiger partial charge in [0.25, 0.3) is 0 Å². The number of piperidine rings is 1. The van der Waals surface area contributed by atoms with Crippen LogP contribution in [-0.4, -0.2) is 65.6 Å². The summed E-state index contributed by atoms with van der Waals surface area (Å²) in [5.41, 5.74) is 8.32. The predicted molar refractivity (Wildman–Crippen MR) is 141 cm³/mol. The first-order chi connectivity index (χ1) is 16.9. The summed E-state index contributed by atoms with van der Waals surface area (Å²) in [6, 6.07) is 6.75. The van der Waals surface area contributed by atoms with Gasteiger partial charge in [-0.25, -0.2) is 0 Å². The molecule has 0 saturated carbocycles. The van der Waals surface area contributed by atoms with Crippen molar-refractivity contribution < 1.29 is 9.53 Å². The van der Waals surface area contributed by atoms with Gasteiger partial charge in [0.05, 0.1) is 12.2 Å². The lowest BCUT2D eigenvalue weighted by Crippen LogP contribution is -2.47. The average molecular weight is 520 g/mol. The van der Waals surface area contributed by atoms with E-state index in [4.69, 9.17) is 33.7 Å². The second-order valence-corrected chi connectivity index (χ2v) is 10.6. The van der Waals surface area contributed by atoms with E-state index >= 15 is 0 Å². The summed E-state index contributed by atoms with van der Waals surface area (Å²) in [7, 11) is 0. The fourth-order valence-corrected chi connectivity index (χ4v) is 5.65. The van der Waals surface area contributed by atoms with Crippen LogP contribution in [-0.2, 0) is 11.2 Å². The number of hydrogen-bond donors (Lipinski definition) is 1. The van der Waals surface area contributed by atoms with E-state index in [1.807, 2.05) is 23.4 Å². The fourth-order valence-electron chi connectivity index (χ4n) is 5.17. The van der Waals surface area contributed by atoms with Crippen LogP contribution in [0.5, 0.6) is 5.75 Å². The summed E-state index contributed by atoms with van der Waals surface area (Å²) in [6.07, 6.45) is 9.53. The lowest BCUT2D eigenvalue weighted by Gasteiger charge is -2.34. The van der Waals surface area contributed by atoms with Gasteiger partial charge >= 0.3 is 0 Å². The molecule has 6 nitrogen and oxygen atoms in total. The van der Waals surface area contributed by atoms with E-state index in [0.717, 1.165) is 37.1 Å². The second kappa shape index (κ2) is 12.4. The van der Waals surface area contributed by atoms with Crippen LogP contribution in [0.2, 0.25) is 10.0 Å². The maximum absolute atomic E-state index is 13.0. The normalized spacial score (nSPS) is 19.0. The van der Waals surface area contributed by atoms with Crippen molar-refractivity contribution >= 4 is 29.1 Å². The van der Waals surface area contributed by atoms with Gasteiger partial charge in [-0.1, -0.05) is 36.2 Å². The first kappa shape index (κ1) is 26.2. The van der Waals surface area contributed by atoms with E-state index in [9.17, 15) is 4.79 Å². The van der Waals surface area contributed by atoms with Gasteiger partial charge in [0, 0.05) is 41.4 Å². The summed E-state index contributed by atoms with van der Waals surface area (Å²) in [4.78, 5) is 21.8. The number of pyridine rings is 1. The Morgan fingerprint density at radius 1 is 1.17 bits per heavy atom. The number of likely N-dealkylation sites (tertiary alicyclic amines) is 2. The number of ether oxygens (including phenoxy) is 1. The van der Waals surface area contributed by atoms with Crippen molar-refractivity contribution in [1.82, 2.24) is 14.8 Å². The zero-order valence-corrected chi connectivity index (χ0v) is 22.0. The summed E-state index contributed by atoms with van der Waals surface area (Å²) in [5, 5.41) is 1.11. The molecule has 2 aliphatic heterocycles. The molecule has 2 fully saturated rings. The van der Waals surface area contributed by atoms with Crippen LogP contribution in [0.4, 0.5) is 0 Å². The van der Waals surface area contributed by atoms with E-state index < -0.39 is 6.04 Å². The number of carbonyl (C=O) groups is 1. The molecule has 35 heavy (non-hydrogen) atoms. The number of hydrogen-bond acceptors (Lipinski definition) is 5. The molecule has 2 N–H and O–H groups in total. The Morgan fingerprint density at radius 2 is 1.91 bits per heavy atom. The minimum atomic E-state index is -0.624. The van der Waals surface area contributed by atoms with E-state index in [2.05, 4.69) is 22.9 Å². The van der Waals surface area contributed by atoms with E-state index in [1.165, 1.54) is 31.5 Å². The van der Waals surface area contributed by atoms with Crippen molar-refractivity contribution in [2.75, 3.05) is 32.7 Å². The Kier molecular flexibility index (Phi) is 9.28. The predicted octanol–water partition coefficient (Wildman–Crippen LogP) is 4.92. The molecular weight excluding hydrogens is 483 g/mol. The van der Waals surface area contributed by atoms with Crippen LogP contribution >= 0.6 is 23.2 Å².